The molecule has 8 heteroatoms. The molecule has 2 aromatic carbocycles. The monoisotopic (exact) mass is 471 g/mol. The molecule has 0 radical (unpaired) electrons. The lowest BCUT2D eigenvalue weighted by atomic mass is 10.2. The molecule has 3 rings (SSSR count). The van der Waals surface area contributed by atoms with E-state index in [9.17, 15) is 9.59 Å². The highest BCUT2D eigenvalue weighted by molar-refractivity contribution is 9.10. The van der Waals surface area contributed by atoms with Gasteiger partial charge in [0.25, 0.3) is 5.91 Å². The third-order valence-electron chi connectivity index (χ3n) is 4.35. The van der Waals surface area contributed by atoms with E-state index in [1.807, 2.05) is 51.1 Å². The van der Waals surface area contributed by atoms with E-state index in [4.69, 9.17) is 9.47 Å². The van der Waals surface area contributed by atoms with Crippen LogP contribution in [0.3, 0.4) is 0 Å². The van der Waals surface area contributed by atoms with Crippen molar-refractivity contribution in [3.63, 3.8) is 0 Å². The van der Waals surface area contributed by atoms with Crippen LogP contribution in [0.15, 0.2) is 53.0 Å². The SMILES string of the molecule is Cc1ccc(-n2nc(C)c(NC(=O)COC(=O)COc3cccc(Br)c3)c2C)cc1. The maximum Gasteiger partial charge on any atom is 0.344 e. The Morgan fingerprint density at radius 1 is 1.07 bits per heavy atom. The second-order valence-electron chi connectivity index (χ2n) is 6.75. The summed E-state index contributed by atoms with van der Waals surface area (Å²) in [6, 6.07) is 15.0. The van der Waals surface area contributed by atoms with Crippen LogP contribution in [0.25, 0.3) is 5.69 Å². The zero-order chi connectivity index (χ0) is 21.7. The van der Waals surface area contributed by atoms with Gasteiger partial charge in [-0.25, -0.2) is 9.48 Å². The lowest BCUT2D eigenvalue weighted by Crippen LogP contribution is -2.24. The zero-order valence-corrected chi connectivity index (χ0v) is 18.5. The van der Waals surface area contributed by atoms with Gasteiger partial charge in [-0.15, -0.1) is 0 Å². The second kappa shape index (κ2) is 9.58. The van der Waals surface area contributed by atoms with Crippen LogP contribution in [0.1, 0.15) is 17.0 Å². The number of rotatable bonds is 7. The molecule has 1 aromatic heterocycles. The molecule has 1 N–H and O–H groups in total. The number of hydrogen-bond donors (Lipinski definition) is 1. The van der Waals surface area contributed by atoms with Gasteiger partial charge >= 0.3 is 5.97 Å². The Kier molecular flexibility index (Phi) is 6.89. The van der Waals surface area contributed by atoms with Crippen molar-refractivity contribution in [2.75, 3.05) is 18.5 Å². The van der Waals surface area contributed by atoms with Crippen LogP contribution in [0.2, 0.25) is 0 Å². The fourth-order valence-corrected chi connectivity index (χ4v) is 3.20. The summed E-state index contributed by atoms with van der Waals surface area (Å²) in [5.74, 6) is -0.546. The summed E-state index contributed by atoms with van der Waals surface area (Å²) in [6.45, 7) is 5.00. The molecule has 0 bridgehead atoms. The maximum absolute atomic E-state index is 12.3. The van der Waals surface area contributed by atoms with Crippen LogP contribution in [0, 0.1) is 20.8 Å². The summed E-state index contributed by atoms with van der Waals surface area (Å²) < 4.78 is 12.9. The molecule has 1 amide bonds. The van der Waals surface area contributed by atoms with Crippen LogP contribution in [-0.4, -0.2) is 34.9 Å². The molecule has 156 valence electrons. The number of esters is 1. The minimum absolute atomic E-state index is 0.285. The Morgan fingerprint density at radius 3 is 2.50 bits per heavy atom. The van der Waals surface area contributed by atoms with E-state index in [1.54, 1.807) is 22.9 Å². The fourth-order valence-electron chi connectivity index (χ4n) is 2.82. The van der Waals surface area contributed by atoms with Crippen molar-refractivity contribution < 1.29 is 19.1 Å². The van der Waals surface area contributed by atoms with Gasteiger partial charge in [0.05, 0.1) is 22.8 Å². The van der Waals surface area contributed by atoms with Crippen LogP contribution in [0.4, 0.5) is 5.69 Å². The molecule has 3 aromatic rings. The Labute approximate surface area is 183 Å². The van der Waals surface area contributed by atoms with Gasteiger partial charge in [-0.3, -0.25) is 4.79 Å². The van der Waals surface area contributed by atoms with E-state index in [0.717, 1.165) is 21.4 Å². The minimum atomic E-state index is -0.631. The van der Waals surface area contributed by atoms with E-state index < -0.39 is 18.5 Å². The Balaban J connectivity index is 1.54. The first-order chi connectivity index (χ1) is 14.3. The Bertz CT molecular complexity index is 1060. The van der Waals surface area contributed by atoms with Gasteiger partial charge in [0, 0.05) is 4.47 Å². The van der Waals surface area contributed by atoms with E-state index >= 15 is 0 Å². The minimum Gasteiger partial charge on any atom is -0.482 e. The summed E-state index contributed by atoms with van der Waals surface area (Å²) in [5.41, 5.74) is 4.11. The van der Waals surface area contributed by atoms with Gasteiger partial charge in [-0.2, -0.15) is 5.10 Å². The summed E-state index contributed by atoms with van der Waals surface area (Å²) in [5, 5.41) is 7.27. The highest BCUT2D eigenvalue weighted by atomic mass is 79.9. The number of aryl methyl sites for hydroxylation is 2. The molecule has 0 spiro atoms. The van der Waals surface area contributed by atoms with Crippen molar-refractivity contribution in [3.05, 3.63) is 70.0 Å². The van der Waals surface area contributed by atoms with Gasteiger partial charge in [0.15, 0.2) is 13.2 Å². The number of halogens is 1. The van der Waals surface area contributed by atoms with Crippen molar-refractivity contribution in [1.82, 2.24) is 9.78 Å². The molecule has 7 nitrogen and oxygen atoms in total. The number of anilines is 1. The summed E-state index contributed by atoms with van der Waals surface area (Å²) in [6.07, 6.45) is 0. The lowest BCUT2D eigenvalue weighted by molar-refractivity contribution is -0.149. The molecule has 0 aliphatic heterocycles. The topological polar surface area (TPSA) is 82.5 Å². The first-order valence-corrected chi connectivity index (χ1v) is 10.1. The predicted molar refractivity (Wildman–Crippen MR) is 117 cm³/mol. The molecule has 0 aliphatic carbocycles. The number of benzene rings is 2. The predicted octanol–water partition coefficient (Wildman–Crippen LogP) is 4.12. The zero-order valence-electron chi connectivity index (χ0n) is 16.9. The quantitative estimate of drug-likeness (QED) is 0.524. The van der Waals surface area contributed by atoms with Gasteiger partial charge in [0.1, 0.15) is 5.75 Å². The normalized spacial score (nSPS) is 10.5. The van der Waals surface area contributed by atoms with Crippen molar-refractivity contribution in [3.8, 4) is 11.4 Å². The van der Waals surface area contributed by atoms with Crippen molar-refractivity contribution in [1.29, 1.82) is 0 Å². The highest BCUT2D eigenvalue weighted by Gasteiger charge is 2.16. The first kappa shape index (κ1) is 21.6. The summed E-state index contributed by atoms with van der Waals surface area (Å²) in [4.78, 5) is 24.1. The van der Waals surface area contributed by atoms with Crippen molar-refractivity contribution in [2.24, 2.45) is 0 Å². The standard InChI is InChI=1S/C22H22BrN3O4/c1-14-7-9-18(10-8-14)26-16(3)22(15(2)25-26)24-20(27)12-30-21(28)13-29-19-6-4-5-17(23)11-19/h4-11H,12-13H2,1-3H3,(H,24,27). The van der Waals surface area contributed by atoms with Gasteiger partial charge in [-0.05, 0) is 51.1 Å². The number of hydrogen-bond acceptors (Lipinski definition) is 5. The molecule has 0 atom stereocenters. The third kappa shape index (κ3) is 5.48. The van der Waals surface area contributed by atoms with Gasteiger partial charge in [-0.1, -0.05) is 39.7 Å². The molecule has 0 unspecified atom stereocenters. The highest BCUT2D eigenvalue weighted by Crippen LogP contribution is 2.23. The average Bonchev–Trinajstić information content (AvgIpc) is 2.99. The van der Waals surface area contributed by atoms with Crippen LogP contribution >= 0.6 is 15.9 Å². The molecule has 0 saturated carbocycles. The number of nitrogens with zero attached hydrogens (tertiary/aromatic N) is 2. The van der Waals surface area contributed by atoms with Crippen LogP contribution in [0.5, 0.6) is 5.75 Å². The Hall–Kier alpha value is -3.13. The molecule has 0 aliphatic rings. The number of nitrogens with one attached hydrogen (secondary N) is 1. The van der Waals surface area contributed by atoms with Crippen molar-refractivity contribution >= 4 is 33.5 Å². The van der Waals surface area contributed by atoms with E-state index in [0.29, 0.717) is 17.1 Å². The largest absolute Gasteiger partial charge is 0.482 e. The van der Waals surface area contributed by atoms with E-state index in [2.05, 4.69) is 26.3 Å². The second-order valence-corrected chi connectivity index (χ2v) is 7.66. The van der Waals surface area contributed by atoms with Crippen LogP contribution < -0.4 is 10.1 Å². The molecule has 30 heavy (non-hydrogen) atoms. The maximum atomic E-state index is 12.3. The van der Waals surface area contributed by atoms with Crippen LogP contribution in [-0.2, 0) is 14.3 Å². The van der Waals surface area contributed by atoms with Crippen molar-refractivity contribution in [2.45, 2.75) is 20.8 Å². The van der Waals surface area contributed by atoms with Gasteiger partial charge in [0.2, 0.25) is 0 Å². The average molecular weight is 472 g/mol. The summed E-state index contributed by atoms with van der Waals surface area (Å²) >= 11 is 3.33. The molecule has 0 fully saturated rings. The Morgan fingerprint density at radius 2 is 1.80 bits per heavy atom. The first-order valence-electron chi connectivity index (χ1n) is 9.30. The van der Waals surface area contributed by atoms with E-state index in [1.165, 1.54) is 0 Å². The molecule has 1 heterocycles. The summed E-state index contributed by atoms with van der Waals surface area (Å²) in [7, 11) is 0. The molecular weight excluding hydrogens is 450 g/mol. The number of amides is 1. The number of ether oxygens (including phenoxy) is 2. The van der Waals surface area contributed by atoms with E-state index in [-0.39, 0.29) is 6.61 Å². The molecule has 0 saturated heterocycles. The third-order valence-corrected chi connectivity index (χ3v) is 4.84. The molecular formula is C22H22BrN3O4. The number of aromatic nitrogens is 2. The van der Waals surface area contributed by atoms with Gasteiger partial charge < -0.3 is 14.8 Å². The number of carbonyl (C=O) groups excluding carboxylic acids is 2. The number of carbonyl (C=O) groups is 2. The smallest absolute Gasteiger partial charge is 0.344 e. The lowest BCUT2D eigenvalue weighted by Gasteiger charge is -2.09. The fraction of sp³-hybridized carbons (Fsp3) is 0.227.